The molecule has 0 bridgehead atoms. The van der Waals surface area contributed by atoms with Gasteiger partial charge < -0.3 is 9.80 Å². The van der Waals surface area contributed by atoms with Crippen molar-refractivity contribution >= 4 is 87.2 Å². The number of hydrogen-bond donors (Lipinski definition) is 0. The fourth-order valence-electron chi connectivity index (χ4n) is 10.4. The van der Waals surface area contributed by atoms with Crippen LogP contribution in [0.25, 0.3) is 86.2 Å². The second kappa shape index (κ2) is 18.1. The average molecular weight is 923 g/mol. The first-order chi connectivity index (χ1) is 35.2. The molecule has 71 heavy (non-hydrogen) atoms. The first-order valence-electron chi connectivity index (χ1n) is 24.2. The summed E-state index contributed by atoms with van der Waals surface area (Å²) in [5.41, 5.74) is 15.9. The summed E-state index contributed by atoms with van der Waals surface area (Å²) in [4.78, 5) is 4.91. The number of anilines is 6. The van der Waals surface area contributed by atoms with E-state index in [-0.39, 0.29) is 0 Å². The lowest BCUT2D eigenvalue weighted by Gasteiger charge is -2.31. The van der Waals surface area contributed by atoms with Crippen LogP contribution in [0.4, 0.5) is 34.1 Å². The summed E-state index contributed by atoms with van der Waals surface area (Å²) in [5.74, 6) is 0. The summed E-state index contributed by atoms with van der Waals surface area (Å²) in [5, 5.41) is 7.50. The summed E-state index contributed by atoms with van der Waals surface area (Å²) < 4.78 is 2.53. The molecule has 1 aromatic heterocycles. The Balaban J connectivity index is 0.994. The molecule has 3 heteroatoms. The van der Waals surface area contributed by atoms with E-state index in [2.05, 4.69) is 289 Å². The molecule has 0 unspecified atom stereocenters. The minimum Gasteiger partial charge on any atom is -0.310 e. The lowest BCUT2D eigenvalue weighted by molar-refractivity contribution is 1.27. The van der Waals surface area contributed by atoms with Gasteiger partial charge in [-0.2, -0.15) is 0 Å². The largest absolute Gasteiger partial charge is 0.310 e. The van der Waals surface area contributed by atoms with E-state index in [1.54, 1.807) is 0 Å². The Morgan fingerprint density at radius 3 is 1.51 bits per heavy atom. The molecular weight excluding hydrogens is 877 g/mol. The van der Waals surface area contributed by atoms with Crippen molar-refractivity contribution < 1.29 is 0 Å². The number of fused-ring (bicyclic) bond motifs is 5. The zero-order valence-corrected chi connectivity index (χ0v) is 39.7. The van der Waals surface area contributed by atoms with Gasteiger partial charge in [0, 0.05) is 43.7 Å². The topological polar surface area (TPSA) is 6.48 Å². The first-order valence-corrected chi connectivity index (χ1v) is 25.1. The summed E-state index contributed by atoms with van der Waals surface area (Å²) in [7, 11) is 0. The molecule has 0 radical (unpaired) electrons. The average Bonchev–Trinajstić information content (AvgIpc) is 3.84. The van der Waals surface area contributed by atoms with E-state index in [0.717, 1.165) is 45.3 Å². The molecule has 0 fully saturated rings. The number of rotatable bonds is 10. The first kappa shape index (κ1) is 42.1. The minimum atomic E-state index is 1.07. The number of nitrogens with zero attached hydrogens (tertiary/aromatic N) is 2. The molecule has 0 aliphatic rings. The molecule has 0 amide bonds. The van der Waals surface area contributed by atoms with Crippen molar-refractivity contribution in [1.82, 2.24) is 0 Å². The molecule has 0 aliphatic heterocycles. The number of benzene rings is 12. The summed E-state index contributed by atoms with van der Waals surface area (Å²) in [6, 6.07) is 102. The third-order valence-corrected chi connectivity index (χ3v) is 15.1. The van der Waals surface area contributed by atoms with Crippen molar-refractivity contribution in [2.45, 2.75) is 0 Å². The lowest BCUT2D eigenvalue weighted by Crippen LogP contribution is -2.14. The van der Waals surface area contributed by atoms with Crippen LogP contribution in [-0.4, -0.2) is 0 Å². The van der Waals surface area contributed by atoms with Crippen LogP contribution in [0.3, 0.4) is 0 Å². The second-order valence-corrected chi connectivity index (χ2v) is 19.1. The molecule has 0 N–H and O–H groups in total. The molecule has 0 atom stereocenters. The Labute approximate surface area is 418 Å². The predicted octanol–water partition coefficient (Wildman–Crippen LogP) is 20.0. The second-order valence-electron chi connectivity index (χ2n) is 18.1. The van der Waals surface area contributed by atoms with Gasteiger partial charge in [-0.15, -0.1) is 11.3 Å². The van der Waals surface area contributed by atoms with Crippen molar-refractivity contribution in [3.8, 4) is 44.5 Å². The maximum absolute atomic E-state index is 2.48. The van der Waals surface area contributed by atoms with Gasteiger partial charge in [0.05, 0.1) is 21.8 Å². The van der Waals surface area contributed by atoms with Crippen molar-refractivity contribution in [3.63, 3.8) is 0 Å². The third kappa shape index (κ3) is 7.79. The molecular formula is C68H46N2S. The van der Waals surface area contributed by atoms with Gasteiger partial charge in [0.15, 0.2) is 0 Å². The van der Waals surface area contributed by atoms with E-state index < -0.39 is 0 Å². The quantitative estimate of drug-likeness (QED) is 0.135. The predicted molar refractivity (Wildman–Crippen MR) is 305 cm³/mol. The minimum absolute atomic E-state index is 1.07. The van der Waals surface area contributed by atoms with Gasteiger partial charge in [-0.05, 0) is 122 Å². The molecule has 0 aliphatic carbocycles. The van der Waals surface area contributed by atoms with E-state index in [4.69, 9.17) is 0 Å². The van der Waals surface area contributed by atoms with Crippen molar-refractivity contribution in [2.24, 2.45) is 0 Å². The highest BCUT2D eigenvalue weighted by molar-refractivity contribution is 7.26. The van der Waals surface area contributed by atoms with Gasteiger partial charge in [-0.25, -0.2) is 0 Å². The zero-order valence-electron chi connectivity index (χ0n) is 38.9. The summed E-state index contributed by atoms with van der Waals surface area (Å²) in [6.45, 7) is 0. The van der Waals surface area contributed by atoms with Gasteiger partial charge in [-0.3, -0.25) is 0 Å². The molecule has 1 heterocycles. The third-order valence-electron chi connectivity index (χ3n) is 13.9. The highest BCUT2D eigenvalue weighted by Gasteiger charge is 2.24. The molecule has 12 aromatic carbocycles. The van der Waals surface area contributed by atoms with Gasteiger partial charge in [0.2, 0.25) is 0 Å². The highest BCUT2D eigenvalue weighted by atomic mass is 32.1. The van der Waals surface area contributed by atoms with Crippen LogP contribution in [0, 0.1) is 0 Å². The molecule has 2 nitrogen and oxygen atoms in total. The fourth-order valence-corrected chi connectivity index (χ4v) is 11.6. The van der Waals surface area contributed by atoms with E-state index >= 15 is 0 Å². The smallest absolute Gasteiger partial charge is 0.0640 e. The summed E-state index contributed by atoms with van der Waals surface area (Å²) in [6.07, 6.45) is 0. The fraction of sp³-hybridized carbons (Fsp3) is 0. The molecule has 0 saturated heterocycles. The standard InChI is InChI=1S/C68H46N2S/c1-2-17-47(18-3-1)53-23-14-24-57(46-53)70(66-33-16-30-63-62-28-10-13-34-67(62)71-68(63)66)65-32-12-9-27-61(65)60-26-8-11-31-64(60)69(55-41-37-49(38-42-55)54-36-35-48-19-4-5-21-52(48)45-54)56-43-39-51(40-44-56)59-29-15-22-50-20-6-7-25-58(50)59/h1-46H. The van der Waals surface area contributed by atoms with Crippen LogP contribution in [0.1, 0.15) is 0 Å². The number of thiophene rings is 1. The monoisotopic (exact) mass is 922 g/mol. The maximum atomic E-state index is 2.48. The van der Waals surface area contributed by atoms with Gasteiger partial charge in [0.25, 0.3) is 0 Å². The molecule has 0 saturated carbocycles. The zero-order chi connectivity index (χ0) is 47.1. The normalized spacial score (nSPS) is 11.4. The highest BCUT2D eigenvalue weighted by Crippen LogP contribution is 2.50. The Bertz CT molecular complexity index is 4050. The SMILES string of the molecule is c1ccc(-c2cccc(N(c3ccccc3-c3ccccc3N(c3ccc(-c4ccc5ccccc5c4)cc3)c3ccc(-c4cccc5ccccc45)cc3)c3cccc4c3sc3ccccc34)c2)cc1. The Morgan fingerprint density at radius 1 is 0.239 bits per heavy atom. The van der Waals surface area contributed by atoms with Gasteiger partial charge in [-0.1, -0.05) is 212 Å². The lowest BCUT2D eigenvalue weighted by atomic mass is 9.96. The van der Waals surface area contributed by atoms with E-state index in [1.165, 1.54) is 75.1 Å². The van der Waals surface area contributed by atoms with Crippen molar-refractivity contribution in [3.05, 3.63) is 279 Å². The Morgan fingerprint density at radius 2 is 0.732 bits per heavy atom. The molecule has 0 spiro atoms. The Hall–Kier alpha value is -9.02. The van der Waals surface area contributed by atoms with Crippen LogP contribution in [0.15, 0.2) is 279 Å². The van der Waals surface area contributed by atoms with E-state index in [0.29, 0.717) is 0 Å². The van der Waals surface area contributed by atoms with Crippen LogP contribution < -0.4 is 9.80 Å². The summed E-state index contributed by atoms with van der Waals surface area (Å²) >= 11 is 1.86. The number of hydrogen-bond acceptors (Lipinski definition) is 3. The van der Waals surface area contributed by atoms with Crippen LogP contribution in [0.2, 0.25) is 0 Å². The van der Waals surface area contributed by atoms with Gasteiger partial charge in [0.1, 0.15) is 0 Å². The molecule has 13 rings (SSSR count). The van der Waals surface area contributed by atoms with Gasteiger partial charge >= 0.3 is 0 Å². The van der Waals surface area contributed by atoms with Crippen molar-refractivity contribution in [2.75, 3.05) is 9.80 Å². The molecule has 13 aromatic rings. The van der Waals surface area contributed by atoms with Crippen LogP contribution in [0.5, 0.6) is 0 Å². The van der Waals surface area contributed by atoms with E-state index in [1.807, 2.05) is 11.3 Å². The van der Waals surface area contributed by atoms with Crippen molar-refractivity contribution in [1.29, 1.82) is 0 Å². The Kier molecular flexibility index (Phi) is 10.8. The van der Waals surface area contributed by atoms with E-state index in [9.17, 15) is 0 Å². The van der Waals surface area contributed by atoms with Crippen LogP contribution >= 0.6 is 11.3 Å². The maximum Gasteiger partial charge on any atom is 0.0640 e. The number of para-hydroxylation sites is 2. The van der Waals surface area contributed by atoms with Crippen LogP contribution in [-0.2, 0) is 0 Å². The molecule has 334 valence electrons.